The molecule has 0 saturated carbocycles. The van der Waals surface area contributed by atoms with Crippen molar-refractivity contribution < 1.29 is 4.79 Å². The molecule has 3 N–H and O–H groups in total. The summed E-state index contributed by atoms with van der Waals surface area (Å²) in [6, 6.07) is 10.3. The normalized spacial score (nSPS) is 10.9. The van der Waals surface area contributed by atoms with Gasteiger partial charge < -0.3 is 15.6 Å². The van der Waals surface area contributed by atoms with E-state index in [-0.39, 0.29) is 11.9 Å². The van der Waals surface area contributed by atoms with Gasteiger partial charge in [0.2, 0.25) is 0 Å². The molecule has 0 aliphatic carbocycles. The number of nitrogens with one attached hydrogen (secondary N) is 1. The molecule has 1 aromatic heterocycles. The first kappa shape index (κ1) is 15.2. The maximum absolute atomic E-state index is 12.3. The van der Waals surface area contributed by atoms with Gasteiger partial charge in [-0.05, 0) is 38.8 Å². The van der Waals surface area contributed by atoms with Crippen molar-refractivity contribution in [3.05, 3.63) is 53.3 Å². The van der Waals surface area contributed by atoms with Crippen molar-refractivity contribution in [3.63, 3.8) is 0 Å². The summed E-state index contributed by atoms with van der Waals surface area (Å²) in [5.74, 6) is -0.0759. The number of anilines is 1. The smallest absolute Gasteiger partial charge is 0.268 e. The van der Waals surface area contributed by atoms with E-state index in [1.807, 2.05) is 24.5 Å². The van der Waals surface area contributed by atoms with E-state index in [0.717, 1.165) is 6.42 Å². The van der Waals surface area contributed by atoms with E-state index in [9.17, 15) is 4.79 Å². The Labute approximate surface area is 126 Å². The van der Waals surface area contributed by atoms with Crippen molar-refractivity contribution in [2.45, 2.75) is 33.2 Å². The number of carbonyl (C=O) groups excluding carboxylic acids is 1. The lowest BCUT2D eigenvalue weighted by atomic mass is 10.1. The molecular weight excluding hydrogens is 262 g/mol. The molecule has 1 aromatic carbocycles. The van der Waals surface area contributed by atoms with Crippen LogP contribution in [0, 0.1) is 6.92 Å². The molecule has 112 valence electrons. The zero-order valence-electron chi connectivity index (χ0n) is 12.9. The third-order valence-corrected chi connectivity index (χ3v) is 3.44. The van der Waals surface area contributed by atoms with Gasteiger partial charge >= 0.3 is 0 Å². The number of nitrogens with zero attached hydrogens (tertiary/aromatic N) is 1. The van der Waals surface area contributed by atoms with Crippen LogP contribution in [0.1, 0.15) is 41.5 Å². The summed E-state index contributed by atoms with van der Waals surface area (Å²) in [7, 11) is 0. The van der Waals surface area contributed by atoms with Crippen molar-refractivity contribution in [2.24, 2.45) is 0 Å². The third-order valence-electron chi connectivity index (χ3n) is 3.44. The molecule has 2 rings (SSSR count). The lowest BCUT2D eigenvalue weighted by molar-refractivity contribution is 0.0943. The van der Waals surface area contributed by atoms with E-state index in [1.54, 1.807) is 12.3 Å². The summed E-state index contributed by atoms with van der Waals surface area (Å²) in [4.78, 5) is 12.3. The van der Waals surface area contributed by atoms with Gasteiger partial charge in [-0.3, -0.25) is 4.79 Å². The second-order valence-electron chi connectivity index (χ2n) is 5.65. The minimum Gasteiger partial charge on any atom is -0.397 e. The van der Waals surface area contributed by atoms with Crippen molar-refractivity contribution >= 4 is 11.6 Å². The minimum atomic E-state index is -0.0759. The summed E-state index contributed by atoms with van der Waals surface area (Å²) >= 11 is 0. The summed E-state index contributed by atoms with van der Waals surface area (Å²) < 4.78 is 1.90. The quantitative estimate of drug-likeness (QED) is 0.887. The topological polar surface area (TPSA) is 60.1 Å². The zero-order valence-corrected chi connectivity index (χ0v) is 12.9. The summed E-state index contributed by atoms with van der Waals surface area (Å²) in [6.45, 7) is 6.75. The Morgan fingerprint density at radius 3 is 2.76 bits per heavy atom. The minimum absolute atomic E-state index is 0.0759. The Hall–Kier alpha value is -2.23. The zero-order chi connectivity index (χ0) is 15.4. The number of benzene rings is 1. The second-order valence-corrected chi connectivity index (χ2v) is 5.65. The maximum Gasteiger partial charge on any atom is 0.268 e. The van der Waals surface area contributed by atoms with Crippen LogP contribution >= 0.6 is 0 Å². The van der Waals surface area contributed by atoms with Crippen LogP contribution in [-0.2, 0) is 6.42 Å². The van der Waals surface area contributed by atoms with Crippen LogP contribution in [0.4, 0.5) is 5.69 Å². The number of nitrogen functional groups attached to an aromatic ring is 1. The Morgan fingerprint density at radius 2 is 2.10 bits per heavy atom. The molecular formula is C17H23N3O. The number of nitrogens with two attached hydrogens (primary N) is 1. The third kappa shape index (κ3) is 3.88. The predicted molar refractivity (Wildman–Crippen MR) is 86.4 cm³/mol. The molecule has 4 nitrogen and oxygen atoms in total. The van der Waals surface area contributed by atoms with Gasteiger partial charge in [-0.15, -0.1) is 0 Å². The molecule has 0 atom stereocenters. The molecule has 0 aliphatic rings. The number of hydrogen-bond acceptors (Lipinski definition) is 2. The SMILES string of the molecule is Cc1cccc(CCNC(=O)c2cc(N)cn2C(C)C)c1. The van der Waals surface area contributed by atoms with E-state index < -0.39 is 0 Å². The standard InChI is InChI=1S/C17H23N3O/c1-12(2)20-11-15(18)10-16(20)17(21)19-8-7-14-6-4-5-13(3)9-14/h4-6,9-12H,7-8,18H2,1-3H3,(H,19,21). The monoisotopic (exact) mass is 285 g/mol. The lowest BCUT2D eigenvalue weighted by Gasteiger charge is -2.12. The van der Waals surface area contributed by atoms with Crippen molar-refractivity contribution in [1.29, 1.82) is 0 Å². The number of amides is 1. The molecule has 0 unspecified atom stereocenters. The fraction of sp³-hybridized carbons (Fsp3) is 0.353. The van der Waals surface area contributed by atoms with Crippen LogP contribution in [-0.4, -0.2) is 17.0 Å². The molecule has 2 aromatic rings. The summed E-state index contributed by atoms with van der Waals surface area (Å²) in [6.07, 6.45) is 2.63. The van der Waals surface area contributed by atoms with Crippen LogP contribution in [0.2, 0.25) is 0 Å². The molecule has 1 amide bonds. The summed E-state index contributed by atoms with van der Waals surface area (Å²) in [5.41, 5.74) is 9.49. The van der Waals surface area contributed by atoms with Crippen molar-refractivity contribution in [1.82, 2.24) is 9.88 Å². The van der Waals surface area contributed by atoms with Gasteiger partial charge in [0.25, 0.3) is 5.91 Å². The number of aromatic nitrogens is 1. The average molecular weight is 285 g/mol. The van der Waals surface area contributed by atoms with E-state index >= 15 is 0 Å². The number of aryl methyl sites for hydroxylation is 1. The molecule has 0 spiro atoms. The first-order valence-corrected chi connectivity index (χ1v) is 7.28. The number of carbonyl (C=O) groups is 1. The molecule has 0 fully saturated rings. The van der Waals surface area contributed by atoms with Crippen LogP contribution < -0.4 is 11.1 Å². The average Bonchev–Trinajstić information content (AvgIpc) is 2.81. The van der Waals surface area contributed by atoms with E-state index in [0.29, 0.717) is 17.9 Å². The molecule has 0 bridgehead atoms. The molecule has 0 radical (unpaired) electrons. The lowest BCUT2D eigenvalue weighted by Crippen LogP contribution is -2.28. The first-order chi connectivity index (χ1) is 9.97. The van der Waals surface area contributed by atoms with Crippen molar-refractivity contribution in [2.75, 3.05) is 12.3 Å². The van der Waals surface area contributed by atoms with Gasteiger partial charge in [0.1, 0.15) is 5.69 Å². The molecule has 0 aliphatic heterocycles. The van der Waals surface area contributed by atoms with Crippen LogP contribution in [0.3, 0.4) is 0 Å². The molecule has 4 heteroatoms. The largest absolute Gasteiger partial charge is 0.397 e. The van der Waals surface area contributed by atoms with E-state index in [1.165, 1.54) is 11.1 Å². The van der Waals surface area contributed by atoms with Gasteiger partial charge in [0.05, 0.1) is 5.69 Å². The van der Waals surface area contributed by atoms with Gasteiger partial charge in [-0.1, -0.05) is 29.8 Å². The van der Waals surface area contributed by atoms with Gasteiger partial charge in [0.15, 0.2) is 0 Å². The fourth-order valence-electron chi connectivity index (χ4n) is 2.39. The maximum atomic E-state index is 12.3. The molecule has 21 heavy (non-hydrogen) atoms. The highest BCUT2D eigenvalue weighted by molar-refractivity contribution is 5.93. The fourth-order valence-corrected chi connectivity index (χ4v) is 2.39. The predicted octanol–water partition coefficient (Wildman–Crippen LogP) is 2.93. The van der Waals surface area contributed by atoms with E-state index in [2.05, 4.69) is 30.4 Å². The van der Waals surface area contributed by atoms with Gasteiger partial charge in [-0.25, -0.2) is 0 Å². The van der Waals surface area contributed by atoms with Crippen LogP contribution in [0.25, 0.3) is 0 Å². The Kier molecular flexibility index (Phi) is 4.68. The number of rotatable bonds is 5. The molecule has 0 saturated heterocycles. The Bertz CT molecular complexity index is 629. The molecule has 1 heterocycles. The Morgan fingerprint density at radius 1 is 1.33 bits per heavy atom. The van der Waals surface area contributed by atoms with Gasteiger partial charge in [-0.2, -0.15) is 0 Å². The van der Waals surface area contributed by atoms with Gasteiger partial charge in [0, 0.05) is 18.8 Å². The second kappa shape index (κ2) is 6.48. The van der Waals surface area contributed by atoms with Crippen LogP contribution in [0.5, 0.6) is 0 Å². The highest BCUT2D eigenvalue weighted by atomic mass is 16.1. The van der Waals surface area contributed by atoms with Crippen LogP contribution in [0.15, 0.2) is 36.5 Å². The summed E-state index contributed by atoms with van der Waals surface area (Å²) in [5, 5.41) is 2.96. The Balaban J connectivity index is 1.96. The van der Waals surface area contributed by atoms with E-state index in [4.69, 9.17) is 5.73 Å². The number of hydrogen-bond donors (Lipinski definition) is 2. The highest BCUT2D eigenvalue weighted by Crippen LogP contribution is 2.16. The highest BCUT2D eigenvalue weighted by Gasteiger charge is 2.14. The van der Waals surface area contributed by atoms with Crippen molar-refractivity contribution in [3.8, 4) is 0 Å². The first-order valence-electron chi connectivity index (χ1n) is 7.28.